The molecule has 68 heavy (non-hydrogen) atoms. The van der Waals surface area contributed by atoms with Crippen LogP contribution in [0.3, 0.4) is 0 Å². The molecule has 18 nitrogen and oxygen atoms in total. The van der Waals surface area contributed by atoms with E-state index in [2.05, 4.69) is 26.0 Å². The van der Waals surface area contributed by atoms with Crippen molar-refractivity contribution in [3.8, 4) is 0 Å². The number of aliphatic hydroxyl groups excluding tert-OH is 8. The van der Waals surface area contributed by atoms with Gasteiger partial charge in [0.2, 0.25) is 0 Å². The summed E-state index contributed by atoms with van der Waals surface area (Å²) in [6.07, 6.45) is 10.1. The summed E-state index contributed by atoms with van der Waals surface area (Å²) in [4.78, 5) is 36.5. The molecule has 1 saturated heterocycles. The second-order valence-corrected chi connectivity index (χ2v) is 20.1. The molecule has 1 aliphatic heterocycles. The van der Waals surface area contributed by atoms with Gasteiger partial charge in [-0.2, -0.15) is 0 Å². The lowest BCUT2D eigenvalue weighted by Crippen LogP contribution is -2.67. The van der Waals surface area contributed by atoms with Crippen LogP contribution in [0.1, 0.15) is 194 Å². The first-order valence-electron chi connectivity index (χ1n) is 26.0. The molecule has 0 spiro atoms. The Hall–Kier alpha value is -1.61. The number of phosphoric acid groups is 1. The largest absolute Gasteiger partial charge is 0.472 e. The fourth-order valence-corrected chi connectivity index (χ4v) is 9.37. The van der Waals surface area contributed by atoms with Crippen molar-refractivity contribution in [1.82, 2.24) is 0 Å². The Balaban J connectivity index is 1.94. The number of esters is 2. The third-order valence-corrected chi connectivity index (χ3v) is 13.7. The van der Waals surface area contributed by atoms with Gasteiger partial charge in [0.15, 0.2) is 12.4 Å². The Morgan fingerprint density at radius 2 is 0.971 bits per heavy atom. The minimum atomic E-state index is -5.37. The maximum Gasteiger partial charge on any atom is 0.472 e. The summed E-state index contributed by atoms with van der Waals surface area (Å²) in [5.74, 6) is -1.23. The zero-order valence-corrected chi connectivity index (χ0v) is 42.0. The predicted octanol–water partition coefficient (Wildman–Crippen LogP) is 6.10. The van der Waals surface area contributed by atoms with E-state index in [1.807, 2.05) is 0 Å². The molecular weight excluding hydrogens is 907 g/mol. The van der Waals surface area contributed by atoms with Crippen molar-refractivity contribution in [3.63, 3.8) is 0 Å². The minimum absolute atomic E-state index is 0.0155. The van der Waals surface area contributed by atoms with Crippen molar-refractivity contribution in [2.75, 3.05) is 19.8 Å². The molecule has 1 saturated carbocycles. The van der Waals surface area contributed by atoms with E-state index in [0.717, 1.165) is 51.4 Å². The molecule has 1 heterocycles. The normalized spacial score (nSPS) is 27.8. The van der Waals surface area contributed by atoms with E-state index in [9.17, 15) is 59.9 Å². The highest BCUT2D eigenvalue weighted by Gasteiger charge is 2.55. The van der Waals surface area contributed by atoms with E-state index in [1.165, 1.54) is 103 Å². The molecule has 0 aromatic carbocycles. The number of unbranched alkanes of at least 4 members (excludes halogenated alkanes) is 23. The van der Waals surface area contributed by atoms with Crippen molar-refractivity contribution in [2.24, 2.45) is 0 Å². The first-order chi connectivity index (χ1) is 32.7. The number of ether oxygens (including phenoxy) is 4. The molecule has 0 radical (unpaired) electrons. The van der Waals surface area contributed by atoms with E-state index in [4.69, 9.17) is 28.0 Å². The quantitative estimate of drug-likeness (QED) is 0.0145. The lowest BCUT2D eigenvalue weighted by Gasteiger charge is -2.47. The molecule has 13 unspecified atom stereocenters. The molecule has 19 heteroatoms. The molecular formula is C49H91O18P. The molecule has 400 valence electrons. The first kappa shape index (κ1) is 62.5. The van der Waals surface area contributed by atoms with Gasteiger partial charge in [0.25, 0.3) is 0 Å². The number of hydrogen-bond donors (Lipinski definition) is 9. The fourth-order valence-electron chi connectivity index (χ4n) is 8.40. The third kappa shape index (κ3) is 25.7. The zero-order valence-electron chi connectivity index (χ0n) is 41.1. The summed E-state index contributed by atoms with van der Waals surface area (Å²) in [6, 6.07) is 0. The Morgan fingerprint density at radius 3 is 1.47 bits per heavy atom. The van der Waals surface area contributed by atoms with Gasteiger partial charge in [0.1, 0.15) is 67.6 Å². The summed E-state index contributed by atoms with van der Waals surface area (Å²) < 4.78 is 45.4. The van der Waals surface area contributed by atoms with E-state index in [0.29, 0.717) is 12.8 Å². The standard InChI is InChI=1S/C49H91O18P/c1-3-5-7-9-11-13-15-17-18-20-21-23-25-27-29-31-38(51)62-34-36(64-39(52)32-30-28-26-24-22-19-16-14-12-10-8-6-4-2)35-63-68(60,61)67-48-45(58)43(56)42(55)44(57)47(48)66-49-46(59)41(54)40(53)37(33-50)65-49/h19,22,36-37,40-50,53-59H,3-18,20-21,23-35H2,1-2H3,(H,60,61)/b22-19-. The number of aliphatic hydroxyl groups is 8. The molecule has 2 fully saturated rings. The number of rotatable bonds is 40. The average Bonchev–Trinajstić information content (AvgIpc) is 3.32. The summed E-state index contributed by atoms with van der Waals surface area (Å²) in [5, 5.41) is 82.9. The van der Waals surface area contributed by atoms with Crippen LogP contribution in [0.5, 0.6) is 0 Å². The van der Waals surface area contributed by atoms with Gasteiger partial charge >= 0.3 is 19.8 Å². The molecule has 9 N–H and O–H groups in total. The van der Waals surface area contributed by atoms with Crippen molar-refractivity contribution in [3.05, 3.63) is 12.2 Å². The maximum absolute atomic E-state index is 13.4. The highest BCUT2D eigenvalue weighted by molar-refractivity contribution is 7.47. The summed E-state index contributed by atoms with van der Waals surface area (Å²) in [6.45, 7) is 2.22. The molecule has 0 aromatic rings. The molecule has 2 rings (SSSR count). The summed E-state index contributed by atoms with van der Waals surface area (Å²) >= 11 is 0. The van der Waals surface area contributed by atoms with Crippen LogP contribution in [0.2, 0.25) is 0 Å². The summed E-state index contributed by atoms with van der Waals surface area (Å²) in [7, 11) is -5.37. The van der Waals surface area contributed by atoms with Gasteiger partial charge in [-0.1, -0.05) is 154 Å². The number of phosphoric ester groups is 1. The Morgan fingerprint density at radius 1 is 0.544 bits per heavy atom. The van der Waals surface area contributed by atoms with Crippen LogP contribution in [0, 0.1) is 0 Å². The molecule has 0 amide bonds. The second-order valence-electron chi connectivity index (χ2n) is 18.7. The highest BCUT2D eigenvalue weighted by atomic mass is 31.2. The molecule has 13 atom stereocenters. The van der Waals surface area contributed by atoms with Gasteiger partial charge in [-0.3, -0.25) is 18.6 Å². The van der Waals surface area contributed by atoms with Gasteiger partial charge in [-0.15, -0.1) is 0 Å². The van der Waals surface area contributed by atoms with Crippen LogP contribution in [0.4, 0.5) is 0 Å². The Labute approximate surface area is 405 Å². The average molecular weight is 999 g/mol. The highest BCUT2D eigenvalue weighted by Crippen LogP contribution is 2.48. The molecule has 0 bridgehead atoms. The lowest BCUT2D eigenvalue weighted by atomic mass is 9.84. The van der Waals surface area contributed by atoms with Crippen LogP contribution in [-0.4, -0.2) is 151 Å². The topological polar surface area (TPSA) is 289 Å². The van der Waals surface area contributed by atoms with E-state index in [1.54, 1.807) is 0 Å². The number of hydrogen-bond acceptors (Lipinski definition) is 17. The predicted molar refractivity (Wildman–Crippen MR) is 254 cm³/mol. The smallest absolute Gasteiger partial charge is 0.462 e. The number of carbonyl (C=O) groups is 2. The lowest BCUT2D eigenvalue weighted by molar-refractivity contribution is -0.338. The van der Waals surface area contributed by atoms with Crippen molar-refractivity contribution >= 4 is 19.8 Å². The second kappa shape index (κ2) is 37.2. The minimum Gasteiger partial charge on any atom is -0.462 e. The Kier molecular flexibility index (Phi) is 34.2. The Bertz CT molecular complexity index is 1370. The van der Waals surface area contributed by atoms with Crippen LogP contribution in [-0.2, 0) is 42.1 Å². The van der Waals surface area contributed by atoms with Gasteiger partial charge in [-0.05, 0) is 38.5 Å². The monoisotopic (exact) mass is 999 g/mol. The first-order valence-corrected chi connectivity index (χ1v) is 27.5. The SMILES string of the molecule is CCCCCCCC/C=C\CCCCCC(=O)OC(COC(=O)CCCCCCCCCCCCCCCCC)COP(=O)(O)OC1C(O)C(O)C(O)C(O)C1OC1OC(CO)C(O)C(O)C1O. The van der Waals surface area contributed by atoms with Crippen LogP contribution in [0.15, 0.2) is 12.2 Å². The zero-order chi connectivity index (χ0) is 50.2. The van der Waals surface area contributed by atoms with Gasteiger partial charge < -0.3 is 64.7 Å². The fraction of sp³-hybridized carbons (Fsp3) is 0.918. The maximum atomic E-state index is 13.4. The van der Waals surface area contributed by atoms with E-state index < -0.39 is 113 Å². The van der Waals surface area contributed by atoms with Crippen molar-refractivity contribution < 1.29 is 87.9 Å². The van der Waals surface area contributed by atoms with Gasteiger partial charge in [0.05, 0.1) is 13.2 Å². The van der Waals surface area contributed by atoms with E-state index in [-0.39, 0.29) is 12.8 Å². The third-order valence-electron chi connectivity index (χ3n) is 12.7. The van der Waals surface area contributed by atoms with Crippen LogP contribution < -0.4 is 0 Å². The van der Waals surface area contributed by atoms with Crippen molar-refractivity contribution in [1.29, 1.82) is 0 Å². The molecule has 2 aliphatic rings. The number of carbonyl (C=O) groups excluding carboxylic acids is 2. The van der Waals surface area contributed by atoms with Crippen LogP contribution >= 0.6 is 7.82 Å². The van der Waals surface area contributed by atoms with Crippen molar-refractivity contribution in [2.45, 2.75) is 267 Å². The molecule has 0 aromatic heterocycles. The number of allylic oxidation sites excluding steroid dienone is 2. The summed E-state index contributed by atoms with van der Waals surface area (Å²) in [5.41, 5.74) is 0. The van der Waals surface area contributed by atoms with Gasteiger partial charge in [0, 0.05) is 12.8 Å². The van der Waals surface area contributed by atoms with Crippen LogP contribution in [0.25, 0.3) is 0 Å². The molecule has 1 aliphatic carbocycles. The van der Waals surface area contributed by atoms with E-state index >= 15 is 0 Å². The van der Waals surface area contributed by atoms with Gasteiger partial charge in [-0.25, -0.2) is 4.57 Å².